The number of rotatable bonds is 5. The van der Waals surface area contributed by atoms with Gasteiger partial charge in [-0.1, -0.05) is 0 Å². The molecule has 0 saturated heterocycles. The average Bonchev–Trinajstić information content (AvgIpc) is 2.30. The highest BCUT2D eigenvalue weighted by molar-refractivity contribution is 5.70. The predicted molar refractivity (Wildman–Crippen MR) is 55.0 cm³/mol. The fourth-order valence-electron chi connectivity index (χ4n) is 1.23. The van der Waals surface area contributed by atoms with Crippen molar-refractivity contribution in [2.24, 2.45) is 0 Å². The Balaban J connectivity index is 2.85. The van der Waals surface area contributed by atoms with Gasteiger partial charge in [-0.3, -0.25) is 4.98 Å². The summed E-state index contributed by atoms with van der Waals surface area (Å²) in [6.07, 6.45) is -0.611. The molecular weight excluding hydrogens is 230 g/mol. The lowest BCUT2D eigenvalue weighted by Crippen LogP contribution is -2.23. The molecule has 0 aliphatic carbocycles. The van der Waals surface area contributed by atoms with Crippen LogP contribution in [0.1, 0.15) is 16.8 Å². The zero-order chi connectivity index (χ0) is 13.0. The van der Waals surface area contributed by atoms with Crippen molar-refractivity contribution in [3.63, 3.8) is 0 Å². The Hall–Kier alpha value is -1.70. The van der Waals surface area contributed by atoms with Crippen molar-refractivity contribution < 1.29 is 30.0 Å². The molecule has 0 aromatic carbocycles. The Labute approximate surface area is 96.9 Å². The number of aryl methyl sites for hydroxylation is 1. The Morgan fingerprint density at radius 3 is 2.76 bits per heavy atom. The second kappa shape index (κ2) is 5.58. The van der Waals surface area contributed by atoms with Gasteiger partial charge in [0.15, 0.2) is 0 Å². The average molecular weight is 243 g/mol. The SMILES string of the molecule is Cc1ncc(CO[C@H](O)C(=O)O)c(CO)c1O. The first-order valence-corrected chi connectivity index (χ1v) is 4.77. The summed E-state index contributed by atoms with van der Waals surface area (Å²) in [5, 5.41) is 36.0. The Morgan fingerprint density at radius 1 is 1.59 bits per heavy atom. The number of carboxylic acids is 1. The van der Waals surface area contributed by atoms with Crippen LogP contribution in [0.15, 0.2) is 6.20 Å². The van der Waals surface area contributed by atoms with Gasteiger partial charge >= 0.3 is 5.97 Å². The van der Waals surface area contributed by atoms with Crippen LogP contribution < -0.4 is 0 Å². The highest BCUT2D eigenvalue weighted by Gasteiger charge is 2.16. The maximum Gasteiger partial charge on any atom is 0.360 e. The van der Waals surface area contributed by atoms with Gasteiger partial charge in [-0.05, 0) is 6.92 Å². The van der Waals surface area contributed by atoms with Gasteiger partial charge in [-0.2, -0.15) is 0 Å². The first kappa shape index (κ1) is 13.4. The number of aliphatic carboxylic acids is 1. The fourth-order valence-corrected chi connectivity index (χ4v) is 1.23. The van der Waals surface area contributed by atoms with E-state index < -0.39 is 18.9 Å². The molecule has 0 fully saturated rings. The van der Waals surface area contributed by atoms with Crippen LogP contribution >= 0.6 is 0 Å². The molecule has 0 aliphatic rings. The zero-order valence-corrected chi connectivity index (χ0v) is 9.12. The van der Waals surface area contributed by atoms with Crippen molar-refractivity contribution in [3.8, 4) is 5.75 Å². The molecule has 17 heavy (non-hydrogen) atoms. The summed E-state index contributed by atoms with van der Waals surface area (Å²) in [6, 6.07) is 0. The molecule has 7 heteroatoms. The third kappa shape index (κ3) is 3.13. The largest absolute Gasteiger partial charge is 0.506 e. The van der Waals surface area contributed by atoms with E-state index in [1.807, 2.05) is 0 Å². The minimum absolute atomic E-state index is 0.168. The first-order chi connectivity index (χ1) is 7.97. The number of ether oxygens (including phenoxy) is 1. The van der Waals surface area contributed by atoms with Gasteiger partial charge in [-0.25, -0.2) is 4.79 Å². The van der Waals surface area contributed by atoms with E-state index in [2.05, 4.69) is 9.72 Å². The van der Waals surface area contributed by atoms with Crippen LogP contribution in [-0.2, 0) is 22.7 Å². The molecule has 0 saturated carbocycles. The molecule has 0 unspecified atom stereocenters. The highest BCUT2D eigenvalue weighted by atomic mass is 16.6. The van der Waals surface area contributed by atoms with Crippen molar-refractivity contribution >= 4 is 5.97 Å². The van der Waals surface area contributed by atoms with Crippen molar-refractivity contribution in [3.05, 3.63) is 23.0 Å². The summed E-state index contributed by atoms with van der Waals surface area (Å²) in [4.78, 5) is 14.1. The fraction of sp³-hybridized carbons (Fsp3) is 0.400. The molecule has 1 rings (SSSR count). The van der Waals surface area contributed by atoms with Crippen LogP contribution in [0, 0.1) is 6.92 Å². The summed E-state index contributed by atoms with van der Waals surface area (Å²) in [5.74, 6) is -1.68. The zero-order valence-electron chi connectivity index (χ0n) is 9.12. The number of aromatic nitrogens is 1. The molecule has 1 aromatic rings. The van der Waals surface area contributed by atoms with Gasteiger partial charge in [0.25, 0.3) is 6.29 Å². The standard InChI is InChI=1S/C10H13NO6/c1-5-8(13)7(3-12)6(2-11-5)4-17-10(16)9(14)15/h2,10,12-13,16H,3-4H2,1H3,(H,14,15)/t10-/m0/s1. The summed E-state index contributed by atoms with van der Waals surface area (Å²) < 4.78 is 4.62. The quantitative estimate of drug-likeness (QED) is 0.515. The molecule has 7 nitrogen and oxygen atoms in total. The molecule has 0 aliphatic heterocycles. The van der Waals surface area contributed by atoms with Crippen LogP contribution in [0.4, 0.5) is 0 Å². The van der Waals surface area contributed by atoms with Gasteiger partial charge in [0.1, 0.15) is 5.75 Å². The number of aromatic hydroxyl groups is 1. The molecule has 4 N–H and O–H groups in total. The smallest absolute Gasteiger partial charge is 0.360 e. The second-order valence-corrected chi connectivity index (χ2v) is 3.36. The molecule has 1 aromatic heterocycles. The van der Waals surface area contributed by atoms with Crippen molar-refractivity contribution in [1.29, 1.82) is 0 Å². The van der Waals surface area contributed by atoms with Crippen LogP contribution in [0.2, 0.25) is 0 Å². The second-order valence-electron chi connectivity index (χ2n) is 3.36. The monoisotopic (exact) mass is 243 g/mol. The summed E-state index contributed by atoms with van der Waals surface area (Å²) in [7, 11) is 0. The van der Waals surface area contributed by atoms with E-state index in [9.17, 15) is 9.90 Å². The van der Waals surface area contributed by atoms with Gasteiger partial charge in [0.2, 0.25) is 0 Å². The normalized spacial score (nSPS) is 12.4. The lowest BCUT2D eigenvalue weighted by molar-refractivity contribution is -0.178. The lowest BCUT2D eigenvalue weighted by Gasteiger charge is -2.12. The van der Waals surface area contributed by atoms with E-state index >= 15 is 0 Å². The van der Waals surface area contributed by atoms with Gasteiger partial charge < -0.3 is 25.2 Å². The minimum atomic E-state index is -1.95. The van der Waals surface area contributed by atoms with E-state index in [1.165, 1.54) is 6.20 Å². The van der Waals surface area contributed by atoms with Crippen molar-refractivity contribution in [1.82, 2.24) is 4.98 Å². The number of aliphatic hydroxyl groups is 2. The maximum atomic E-state index is 10.3. The molecule has 0 radical (unpaired) electrons. The Kier molecular flexibility index (Phi) is 4.38. The predicted octanol–water partition coefficient (Wildman–Crippen LogP) is -0.492. The molecule has 1 atom stereocenters. The number of pyridine rings is 1. The van der Waals surface area contributed by atoms with Gasteiger partial charge in [0, 0.05) is 17.3 Å². The number of carboxylic acid groups (broad SMARTS) is 1. The van der Waals surface area contributed by atoms with E-state index in [0.29, 0.717) is 11.3 Å². The minimum Gasteiger partial charge on any atom is -0.506 e. The number of hydrogen-bond acceptors (Lipinski definition) is 6. The number of aliphatic hydroxyl groups excluding tert-OH is 2. The molecule has 0 bridgehead atoms. The van der Waals surface area contributed by atoms with Crippen LogP contribution in [0.3, 0.4) is 0 Å². The number of carbonyl (C=O) groups is 1. The van der Waals surface area contributed by atoms with E-state index in [4.69, 9.17) is 15.3 Å². The first-order valence-electron chi connectivity index (χ1n) is 4.77. The molecule has 1 heterocycles. The topological polar surface area (TPSA) is 120 Å². The number of hydrogen-bond donors (Lipinski definition) is 4. The van der Waals surface area contributed by atoms with E-state index in [1.54, 1.807) is 6.92 Å². The number of nitrogens with zero attached hydrogens (tertiary/aromatic N) is 1. The van der Waals surface area contributed by atoms with Crippen LogP contribution in [-0.4, -0.2) is 37.7 Å². The third-order valence-corrected chi connectivity index (χ3v) is 2.20. The van der Waals surface area contributed by atoms with E-state index in [0.717, 1.165) is 0 Å². The highest BCUT2D eigenvalue weighted by Crippen LogP contribution is 2.24. The molecule has 0 spiro atoms. The van der Waals surface area contributed by atoms with Crippen LogP contribution in [0.25, 0.3) is 0 Å². The Morgan fingerprint density at radius 2 is 2.24 bits per heavy atom. The molecule has 0 amide bonds. The summed E-state index contributed by atoms with van der Waals surface area (Å²) in [5.41, 5.74) is 0.863. The van der Waals surface area contributed by atoms with E-state index in [-0.39, 0.29) is 17.9 Å². The molecule has 94 valence electrons. The van der Waals surface area contributed by atoms with Crippen molar-refractivity contribution in [2.45, 2.75) is 26.4 Å². The van der Waals surface area contributed by atoms with Gasteiger partial charge in [0.05, 0.1) is 18.9 Å². The molecular formula is C10H13NO6. The maximum absolute atomic E-state index is 10.3. The third-order valence-electron chi connectivity index (χ3n) is 2.20. The Bertz CT molecular complexity index is 420. The summed E-state index contributed by atoms with van der Waals surface area (Å²) >= 11 is 0. The van der Waals surface area contributed by atoms with Gasteiger partial charge in [-0.15, -0.1) is 0 Å². The van der Waals surface area contributed by atoms with Crippen molar-refractivity contribution in [2.75, 3.05) is 0 Å². The summed E-state index contributed by atoms with van der Waals surface area (Å²) in [6.45, 7) is 0.854. The van der Waals surface area contributed by atoms with Crippen LogP contribution in [0.5, 0.6) is 5.75 Å². The lowest BCUT2D eigenvalue weighted by atomic mass is 10.1.